The molecule has 0 rings (SSSR count). The maximum absolute atomic E-state index is 2.36. The number of hydrogen-bond donors (Lipinski definition) is 0. The van der Waals surface area contributed by atoms with Crippen molar-refractivity contribution in [3.63, 3.8) is 0 Å². The van der Waals surface area contributed by atoms with Gasteiger partial charge in [0, 0.05) is 0 Å². The van der Waals surface area contributed by atoms with Crippen LogP contribution in [0.25, 0.3) is 0 Å². The van der Waals surface area contributed by atoms with E-state index < -0.39 is 0 Å². The van der Waals surface area contributed by atoms with Crippen LogP contribution in [-0.2, 0) is 21.3 Å². The summed E-state index contributed by atoms with van der Waals surface area (Å²) in [4.78, 5) is 0. The van der Waals surface area contributed by atoms with E-state index in [0.717, 1.165) is 0 Å². The summed E-state index contributed by atoms with van der Waals surface area (Å²) in [7, 11) is 0. The average Bonchev–Trinajstić information content (AvgIpc) is 1.65. The van der Waals surface area contributed by atoms with E-state index in [9.17, 15) is 0 Å². The molecule has 0 heterocycles. The first-order valence-electron chi connectivity index (χ1n) is 2.25. The second kappa shape index (κ2) is 3.88. The van der Waals surface area contributed by atoms with Crippen LogP contribution in [0.1, 0.15) is 13.8 Å². The Balaban J connectivity index is 2.75. The van der Waals surface area contributed by atoms with Gasteiger partial charge in [-0.05, 0) is 0 Å². The topological polar surface area (TPSA) is 3.24 Å². The number of hydrogen-bond acceptors (Lipinski definition) is 1. The fourth-order valence-electron chi connectivity index (χ4n) is 0.224. The Morgan fingerprint density at radius 2 is 1.67 bits per heavy atom. The van der Waals surface area contributed by atoms with Crippen LogP contribution >= 0.6 is 0 Å². The summed E-state index contributed by atoms with van der Waals surface area (Å²) in [5, 5.41) is 0. The van der Waals surface area contributed by atoms with Crippen molar-refractivity contribution < 1.29 is 21.3 Å². The Hall–Kier alpha value is 0.700. The molecule has 0 aromatic heterocycles. The molecule has 0 unspecified atom stereocenters. The molecule has 0 aromatic carbocycles. The average molecular weight is 253 g/mol. The van der Waals surface area contributed by atoms with Gasteiger partial charge in [-0.15, -0.1) is 0 Å². The number of rotatable bonds is 2. The summed E-state index contributed by atoms with van der Waals surface area (Å²) >= 11 is 1.40. The molecule has 0 aliphatic carbocycles. The molecular weight excluding hydrogens is 243 g/mol. The molecule has 0 spiro atoms. The second-order valence-corrected chi connectivity index (χ2v) is 3.17. The van der Waals surface area contributed by atoms with Crippen molar-refractivity contribution in [2.75, 3.05) is 13.1 Å². The Morgan fingerprint density at radius 3 is 1.67 bits per heavy atom. The molecular formula is C4H10NTa. The van der Waals surface area contributed by atoms with Crippen LogP contribution in [0, 0.1) is 0 Å². The van der Waals surface area contributed by atoms with Gasteiger partial charge in [0.15, 0.2) is 0 Å². The zero-order valence-electron chi connectivity index (χ0n) is 4.31. The van der Waals surface area contributed by atoms with Crippen LogP contribution in [-0.4, -0.2) is 16.4 Å². The summed E-state index contributed by atoms with van der Waals surface area (Å²) in [5.74, 6) is 0. The third kappa shape index (κ3) is 2.91. The van der Waals surface area contributed by atoms with E-state index in [1.54, 1.807) is 0 Å². The quantitative estimate of drug-likeness (QED) is 0.703. The van der Waals surface area contributed by atoms with Gasteiger partial charge in [-0.3, -0.25) is 0 Å². The van der Waals surface area contributed by atoms with Crippen molar-refractivity contribution in [3.05, 3.63) is 0 Å². The fourth-order valence-corrected chi connectivity index (χ4v) is 0.224. The zero-order valence-corrected chi connectivity index (χ0v) is 7.52. The van der Waals surface area contributed by atoms with Crippen molar-refractivity contribution in [3.8, 4) is 0 Å². The van der Waals surface area contributed by atoms with Crippen LogP contribution in [0.2, 0.25) is 0 Å². The molecule has 36 valence electrons. The van der Waals surface area contributed by atoms with E-state index in [1.165, 1.54) is 34.4 Å². The molecule has 1 nitrogen and oxygen atoms in total. The predicted octanol–water partition coefficient (Wildman–Crippen LogP) is 0.790. The van der Waals surface area contributed by atoms with Crippen molar-refractivity contribution in [2.24, 2.45) is 0 Å². The summed E-state index contributed by atoms with van der Waals surface area (Å²) in [6.45, 7) is 6.79. The molecule has 0 saturated carbocycles. The molecule has 0 atom stereocenters. The van der Waals surface area contributed by atoms with Crippen LogP contribution < -0.4 is 0 Å². The summed E-state index contributed by atoms with van der Waals surface area (Å²) in [6.07, 6.45) is 0. The van der Waals surface area contributed by atoms with Gasteiger partial charge >= 0.3 is 51.6 Å². The summed E-state index contributed by atoms with van der Waals surface area (Å²) < 4.78 is 2.36. The van der Waals surface area contributed by atoms with Gasteiger partial charge in [0.1, 0.15) is 0 Å². The van der Waals surface area contributed by atoms with E-state index in [2.05, 4.69) is 17.2 Å². The van der Waals surface area contributed by atoms with Crippen molar-refractivity contribution in [2.45, 2.75) is 13.8 Å². The molecule has 6 heavy (non-hydrogen) atoms. The monoisotopic (exact) mass is 253 g/mol. The fraction of sp³-hybridized carbons (Fsp3) is 1.00. The van der Waals surface area contributed by atoms with Crippen molar-refractivity contribution >= 4 is 0 Å². The van der Waals surface area contributed by atoms with Crippen molar-refractivity contribution in [1.82, 2.24) is 3.30 Å². The molecule has 0 aromatic rings. The first kappa shape index (κ1) is 6.70. The third-order valence-electron chi connectivity index (χ3n) is 0.730. The minimum absolute atomic E-state index is 1.21. The van der Waals surface area contributed by atoms with Crippen LogP contribution in [0.3, 0.4) is 0 Å². The van der Waals surface area contributed by atoms with Gasteiger partial charge in [-0.25, -0.2) is 0 Å². The molecule has 0 N–H and O–H groups in total. The first-order valence-corrected chi connectivity index (χ1v) is 3.68. The van der Waals surface area contributed by atoms with Crippen LogP contribution in [0.15, 0.2) is 0 Å². The summed E-state index contributed by atoms with van der Waals surface area (Å²) in [5.41, 5.74) is 0. The molecule has 0 radical (unpaired) electrons. The normalized spacial score (nSPS) is 9.83. The van der Waals surface area contributed by atoms with Gasteiger partial charge in [-0.1, -0.05) is 0 Å². The van der Waals surface area contributed by atoms with Gasteiger partial charge in [0.25, 0.3) is 0 Å². The molecule has 0 saturated heterocycles. The molecule has 2 heteroatoms. The van der Waals surface area contributed by atoms with Gasteiger partial charge < -0.3 is 0 Å². The SMILES string of the molecule is CC[N]([Ta])CC. The Bertz CT molecular complexity index is 26.7. The van der Waals surface area contributed by atoms with E-state index in [1.807, 2.05) is 0 Å². The molecule has 0 amide bonds. The van der Waals surface area contributed by atoms with E-state index >= 15 is 0 Å². The van der Waals surface area contributed by atoms with E-state index in [0.29, 0.717) is 0 Å². The van der Waals surface area contributed by atoms with E-state index in [-0.39, 0.29) is 0 Å². The van der Waals surface area contributed by atoms with E-state index in [4.69, 9.17) is 0 Å². The minimum atomic E-state index is 1.21. The third-order valence-corrected chi connectivity index (χ3v) is 2.76. The van der Waals surface area contributed by atoms with Gasteiger partial charge in [0.2, 0.25) is 0 Å². The van der Waals surface area contributed by atoms with Crippen LogP contribution in [0.5, 0.6) is 0 Å². The summed E-state index contributed by atoms with van der Waals surface area (Å²) in [6, 6.07) is 0. The second-order valence-electron chi connectivity index (χ2n) is 1.14. The Labute approximate surface area is 52.0 Å². The standard InChI is InChI=1S/C4H10N.Ta/c1-3-5-4-2;/h3-4H2,1-2H3;/q-1;+1. The Kier molecular flexibility index (Phi) is 4.33. The maximum atomic E-state index is 2.36. The molecule has 0 fully saturated rings. The molecule has 0 aliphatic heterocycles. The van der Waals surface area contributed by atoms with Gasteiger partial charge in [0.05, 0.1) is 0 Å². The Morgan fingerprint density at radius 1 is 1.33 bits per heavy atom. The zero-order chi connectivity index (χ0) is 4.99. The molecule has 0 aliphatic rings. The van der Waals surface area contributed by atoms with Crippen LogP contribution in [0.4, 0.5) is 0 Å². The molecule has 0 bridgehead atoms. The van der Waals surface area contributed by atoms with Gasteiger partial charge in [-0.2, -0.15) is 0 Å². The predicted molar refractivity (Wildman–Crippen MR) is 22.9 cm³/mol. The number of nitrogens with zero attached hydrogens (tertiary/aromatic N) is 1. The van der Waals surface area contributed by atoms with Crippen molar-refractivity contribution in [1.29, 1.82) is 0 Å². The first-order chi connectivity index (χ1) is 2.81.